The molecule has 0 amide bonds. The molecule has 0 saturated carbocycles. The van der Waals surface area contributed by atoms with Crippen LogP contribution >= 0.6 is 0 Å². The number of fused-ring (bicyclic) bond motifs is 5. The monoisotopic (exact) mass is 627 g/mol. The average molecular weight is 628 g/mol. The Balaban J connectivity index is 1.23. The molecule has 7 aromatic carbocycles. The predicted molar refractivity (Wildman–Crippen MR) is 201 cm³/mol. The second kappa shape index (κ2) is 10.7. The van der Waals surface area contributed by atoms with E-state index in [4.69, 9.17) is 4.98 Å². The largest absolute Gasteiger partial charge is 0.306 e. The third-order valence-corrected chi connectivity index (χ3v) is 10.5. The summed E-state index contributed by atoms with van der Waals surface area (Å²) in [7, 11) is 0. The summed E-state index contributed by atoms with van der Waals surface area (Å²) in [6, 6.07) is 62.2. The summed E-state index contributed by atoms with van der Waals surface area (Å²) in [6.45, 7) is 2.20. The number of imidazole rings is 1. The van der Waals surface area contributed by atoms with Crippen LogP contribution in [-0.2, 0) is 11.8 Å². The van der Waals surface area contributed by atoms with Crippen molar-refractivity contribution >= 4 is 28.1 Å². The van der Waals surface area contributed by atoms with Gasteiger partial charge in [0, 0.05) is 12.1 Å². The van der Waals surface area contributed by atoms with Crippen molar-refractivity contribution in [1.82, 2.24) is 9.55 Å². The number of hydrogen-bond donors (Lipinski definition) is 0. The third kappa shape index (κ3) is 3.87. The van der Waals surface area contributed by atoms with E-state index in [0.29, 0.717) is 0 Å². The van der Waals surface area contributed by atoms with Gasteiger partial charge in [0.25, 0.3) is 0 Å². The summed E-state index contributed by atoms with van der Waals surface area (Å²) in [5, 5.41) is 0. The molecule has 0 saturated heterocycles. The lowest BCUT2D eigenvalue weighted by atomic mass is 9.67. The molecule has 0 unspecified atom stereocenters. The van der Waals surface area contributed by atoms with Crippen molar-refractivity contribution in [3.63, 3.8) is 0 Å². The molecule has 1 aliphatic heterocycles. The van der Waals surface area contributed by atoms with E-state index in [-0.39, 0.29) is 0 Å². The SMILES string of the molecule is CCc1nc2cccc3c2n1-c1cc(-c2ccc4c(c2)C(c2ccccc2)(c2ccccc2)c2ccccc2-4)ccc1N3c1ccccc1. The van der Waals surface area contributed by atoms with E-state index in [1.165, 1.54) is 44.5 Å². The Labute approximate surface area is 286 Å². The number of hydrogen-bond acceptors (Lipinski definition) is 2. The smallest absolute Gasteiger partial charge is 0.114 e. The van der Waals surface area contributed by atoms with Crippen molar-refractivity contribution in [3.8, 4) is 27.9 Å². The first-order valence-corrected chi connectivity index (χ1v) is 17.1. The van der Waals surface area contributed by atoms with Crippen molar-refractivity contribution in [1.29, 1.82) is 0 Å². The van der Waals surface area contributed by atoms with Gasteiger partial charge >= 0.3 is 0 Å². The summed E-state index contributed by atoms with van der Waals surface area (Å²) in [5.41, 5.74) is 16.5. The molecule has 10 rings (SSSR count). The first-order chi connectivity index (χ1) is 24.3. The molecule has 0 fully saturated rings. The van der Waals surface area contributed by atoms with Gasteiger partial charge in [0.15, 0.2) is 0 Å². The third-order valence-electron chi connectivity index (χ3n) is 10.5. The zero-order valence-electron chi connectivity index (χ0n) is 27.2. The fraction of sp³-hybridized carbons (Fsp3) is 0.0652. The predicted octanol–water partition coefficient (Wildman–Crippen LogP) is 11.4. The Morgan fingerprint density at radius 3 is 1.88 bits per heavy atom. The first kappa shape index (κ1) is 27.9. The number of para-hydroxylation sites is 2. The second-order valence-electron chi connectivity index (χ2n) is 13.0. The van der Waals surface area contributed by atoms with Gasteiger partial charge in [0.2, 0.25) is 0 Å². The Morgan fingerprint density at radius 1 is 0.510 bits per heavy atom. The van der Waals surface area contributed by atoms with Crippen molar-refractivity contribution < 1.29 is 0 Å². The summed E-state index contributed by atoms with van der Waals surface area (Å²) < 4.78 is 2.39. The number of aromatic nitrogens is 2. The maximum Gasteiger partial charge on any atom is 0.114 e. The van der Waals surface area contributed by atoms with Crippen LogP contribution in [0.15, 0.2) is 170 Å². The summed E-state index contributed by atoms with van der Waals surface area (Å²) >= 11 is 0. The fourth-order valence-electron chi connectivity index (χ4n) is 8.51. The lowest BCUT2D eigenvalue weighted by Crippen LogP contribution is -2.28. The maximum absolute atomic E-state index is 5.12. The van der Waals surface area contributed by atoms with Crippen molar-refractivity contribution in [3.05, 3.63) is 198 Å². The van der Waals surface area contributed by atoms with Gasteiger partial charge in [0.1, 0.15) is 5.82 Å². The number of rotatable bonds is 5. The lowest BCUT2D eigenvalue weighted by molar-refractivity contribution is 0.769. The highest BCUT2D eigenvalue weighted by Gasteiger charge is 2.46. The van der Waals surface area contributed by atoms with Gasteiger partial charge in [-0.15, -0.1) is 0 Å². The Morgan fingerprint density at radius 2 is 1.14 bits per heavy atom. The Kier molecular flexibility index (Phi) is 6.07. The molecule has 2 heterocycles. The van der Waals surface area contributed by atoms with Crippen LogP contribution in [0.5, 0.6) is 0 Å². The van der Waals surface area contributed by atoms with Crippen LogP contribution in [0, 0.1) is 0 Å². The molecule has 0 atom stereocenters. The number of nitrogens with zero attached hydrogens (tertiary/aromatic N) is 3. The van der Waals surface area contributed by atoms with E-state index >= 15 is 0 Å². The van der Waals surface area contributed by atoms with Gasteiger partial charge in [-0.1, -0.05) is 134 Å². The number of aryl methyl sites for hydroxylation is 1. The second-order valence-corrected chi connectivity index (χ2v) is 13.0. The van der Waals surface area contributed by atoms with E-state index in [2.05, 4.69) is 186 Å². The normalized spacial score (nSPS) is 13.6. The number of benzene rings is 7. The van der Waals surface area contributed by atoms with Gasteiger partial charge in [-0.2, -0.15) is 0 Å². The molecule has 0 radical (unpaired) electrons. The van der Waals surface area contributed by atoms with Crippen LogP contribution in [0.1, 0.15) is 35.0 Å². The molecule has 0 N–H and O–H groups in total. The molecule has 0 spiro atoms. The molecule has 8 aromatic rings. The van der Waals surface area contributed by atoms with Gasteiger partial charge in [0.05, 0.1) is 33.5 Å². The van der Waals surface area contributed by atoms with E-state index < -0.39 is 5.41 Å². The van der Waals surface area contributed by atoms with E-state index in [1.807, 2.05) is 0 Å². The van der Waals surface area contributed by atoms with Crippen LogP contribution in [-0.4, -0.2) is 9.55 Å². The van der Waals surface area contributed by atoms with Gasteiger partial charge in [-0.05, 0) is 87.0 Å². The molecule has 3 heteroatoms. The molecule has 0 bridgehead atoms. The van der Waals surface area contributed by atoms with E-state index in [9.17, 15) is 0 Å². The van der Waals surface area contributed by atoms with Crippen molar-refractivity contribution in [2.45, 2.75) is 18.8 Å². The molecule has 232 valence electrons. The topological polar surface area (TPSA) is 21.1 Å². The quantitative estimate of drug-likeness (QED) is 0.189. The molecule has 49 heavy (non-hydrogen) atoms. The molecule has 1 aliphatic carbocycles. The molecule has 3 nitrogen and oxygen atoms in total. The summed E-state index contributed by atoms with van der Waals surface area (Å²) in [4.78, 5) is 7.51. The molecular weight excluding hydrogens is 595 g/mol. The first-order valence-electron chi connectivity index (χ1n) is 17.1. The highest BCUT2D eigenvalue weighted by atomic mass is 15.2. The van der Waals surface area contributed by atoms with E-state index in [1.54, 1.807) is 0 Å². The number of anilines is 3. The van der Waals surface area contributed by atoms with Crippen molar-refractivity contribution in [2.24, 2.45) is 0 Å². The van der Waals surface area contributed by atoms with Crippen LogP contribution in [0.25, 0.3) is 39.0 Å². The Bertz CT molecular complexity index is 2490. The van der Waals surface area contributed by atoms with Crippen LogP contribution in [0.3, 0.4) is 0 Å². The highest BCUT2D eigenvalue weighted by molar-refractivity contribution is 6.02. The average Bonchev–Trinajstić information content (AvgIpc) is 3.71. The summed E-state index contributed by atoms with van der Waals surface area (Å²) in [5.74, 6) is 1.07. The Hall–Kier alpha value is -6.19. The van der Waals surface area contributed by atoms with E-state index in [0.717, 1.165) is 46.0 Å². The summed E-state index contributed by atoms with van der Waals surface area (Å²) in [6.07, 6.45) is 0.844. The molecule has 2 aliphatic rings. The standard InChI is InChI=1S/C46H33N3/c1-2-44-47-40-23-14-24-42-45(40)49(44)43-30-32(26-28-41(43)48(42)35-19-10-5-11-20-35)31-25-27-37-36-21-12-13-22-38(36)46(39(37)29-31,33-15-6-3-7-16-33)34-17-8-4-9-18-34/h3-30H,2H2,1H3. The maximum atomic E-state index is 5.12. The minimum absolute atomic E-state index is 0.437. The fourth-order valence-corrected chi connectivity index (χ4v) is 8.51. The minimum Gasteiger partial charge on any atom is -0.306 e. The highest BCUT2D eigenvalue weighted by Crippen LogP contribution is 2.57. The minimum atomic E-state index is -0.437. The zero-order valence-corrected chi connectivity index (χ0v) is 27.2. The van der Waals surface area contributed by atoms with Gasteiger partial charge in [-0.25, -0.2) is 4.98 Å². The van der Waals surface area contributed by atoms with Crippen molar-refractivity contribution in [2.75, 3.05) is 4.90 Å². The lowest BCUT2D eigenvalue weighted by Gasteiger charge is -2.34. The van der Waals surface area contributed by atoms with Crippen LogP contribution < -0.4 is 4.90 Å². The van der Waals surface area contributed by atoms with Gasteiger partial charge in [-0.3, -0.25) is 4.57 Å². The molecule has 1 aromatic heterocycles. The van der Waals surface area contributed by atoms with Crippen LogP contribution in [0.2, 0.25) is 0 Å². The van der Waals surface area contributed by atoms with Gasteiger partial charge < -0.3 is 4.90 Å². The zero-order chi connectivity index (χ0) is 32.5. The molecular formula is C46H33N3. The van der Waals surface area contributed by atoms with Crippen LogP contribution in [0.4, 0.5) is 17.1 Å².